The molecule has 0 unspecified atom stereocenters. The summed E-state index contributed by atoms with van der Waals surface area (Å²) in [5, 5.41) is 5.59. The van der Waals surface area contributed by atoms with Crippen molar-refractivity contribution in [2.24, 2.45) is 0 Å². The van der Waals surface area contributed by atoms with Gasteiger partial charge in [0.2, 0.25) is 5.91 Å². The van der Waals surface area contributed by atoms with Crippen LogP contribution in [0.3, 0.4) is 0 Å². The topological polar surface area (TPSA) is 92.3 Å². The van der Waals surface area contributed by atoms with Gasteiger partial charge >= 0.3 is 0 Å². The van der Waals surface area contributed by atoms with Crippen LogP contribution in [0.5, 0.6) is 0 Å². The highest BCUT2D eigenvalue weighted by atomic mass is 35.5. The highest BCUT2D eigenvalue weighted by Gasteiger charge is 2.33. The number of amides is 2. The van der Waals surface area contributed by atoms with E-state index >= 15 is 0 Å². The second kappa shape index (κ2) is 8.34. The minimum absolute atomic E-state index is 0.00597. The zero-order chi connectivity index (χ0) is 22.1. The van der Waals surface area contributed by atoms with Gasteiger partial charge in [0, 0.05) is 27.3 Å². The Morgan fingerprint density at radius 1 is 0.806 bits per heavy atom. The highest BCUT2D eigenvalue weighted by Crippen LogP contribution is 2.37. The Bertz CT molecular complexity index is 1270. The standard InChI is InChI=1S/C23H14Cl2N2O4/c24-11-18(28)26-17-9-8-16-19(22(30)15-7-2-1-6-14(15)21(16)29)20(17)27-23(31)12-4-3-5-13(25)10-12/h1-10H,11H2,(H,26,28)(H,27,31). The van der Waals surface area contributed by atoms with Crippen LogP contribution in [-0.2, 0) is 4.79 Å². The first-order valence-electron chi connectivity index (χ1n) is 9.19. The van der Waals surface area contributed by atoms with E-state index in [0.29, 0.717) is 5.02 Å². The van der Waals surface area contributed by atoms with Crippen LogP contribution in [0.1, 0.15) is 42.2 Å². The van der Waals surface area contributed by atoms with Crippen molar-refractivity contribution in [1.82, 2.24) is 0 Å². The Balaban J connectivity index is 1.87. The summed E-state index contributed by atoms with van der Waals surface area (Å²) in [6, 6.07) is 15.6. The fourth-order valence-corrected chi connectivity index (χ4v) is 3.68. The maximum Gasteiger partial charge on any atom is 0.255 e. The summed E-state index contributed by atoms with van der Waals surface area (Å²) in [6.07, 6.45) is 0. The van der Waals surface area contributed by atoms with Crippen molar-refractivity contribution < 1.29 is 19.2 Å². The molecule has 3 aromatic carbocycles. The molecule has 4 rings (SSSR count). The SMILES string of the molecule is O=C(CCl)Nc1ccc2c(c1NC(=O)c1cccc(Cl)c1)C(=O)c1ccccc1C2=O. The molecule has 1 aliphatic carbocycles. The maximum atomic E-state index is 13.3. The van der Waals surface area contributed by atoms with Crippen LogP contribution in [0, 0.1) is 0 Å². The quantitative estimate of drug-likeness (QED) is 0.444. The van der Waals surface area contributed by atoms with Crippen molar-refractivity contribution in [3.05, 3.63) is 93.5 Å². The van der Waals surface area contributed by atoms with Crippen molar-refractivity contribution in [2.75, 3.05) is 16.5 Å². The van der Waals surface area contributed by atoms with Crippen LogP contribution in [0.4, 0.5) is 11.4 Å². The van der Waals surface area contributed by atoms with Gasteiger partial charge in [-0.15, -0.1) is 11.6 Å². The molecule has 8 heteroatoms. The molecule has 6 nitrogen and oxygen atoms in total. The normalized spacial score (nSPS) is 12.1. The Morgan fingerprint density at radius 2 is 1.52 bits per heavy atom. The molecule has 0 radical (unpaired) electrons. The molecule has 0 spiro atoms. The largest absolute Gasteiger partial charge is 0.323 e. The molecule has 1 aliphatic rings. The number of rotatable bonds is 4. The van der Waals surface area contributed by atoms with E-state index in [-0.39, 0.29) is 50.9 Å². The van der Waals surface area contributed by atoms with Gasteiger partial charge in [-0.2, -0.15) is 0 Å². The van der Waals surface area contributed by atoms with Crippen LogP contribution in [-0.4, -0.2) is 29.3 Å². The molecule has 0 saturated heterocycles. The fourth-order valence-electron chi connectivity index (χ4n) is 3.42. The summed E-state index contributed by atoms with van der Waals surface area (Å²) in [4.78, 5) is 51.1. The minimum atomic E-state index is -0.559. The summed E-state index contributed by atoms with van der Waals surface area (Å²) in [7, 11) is 0. The third-order valence-corrected chi connectivity index (χ3v) is 5.29. The van der Waals surface area contributed by atoms with Crippen LogP contribution in [0.25, 0.3) is 0 Å². The summed E-state index contributed by atoms with van der Waals surface area (Å²) >= 11 is 11.6. The van der Waals surface area contributed by atoms with Crippen molar-refractivity contribution >= 4 is 58.0 Å². The zero-order valence-corrected chi connectivity index (χ0v) is 17.4. The zero-order valence-electron chi connectivity index (χ0n) is 15.9. The minimum Gasteiger partial charge on any atom is -0.323 e. The Kier molecular flexibility index (Phi) is 5.59. The van der Waals surface area contributed by atoms with E-state index in [2.05, 4.69) is 10.6 Å². The van der Waals surface area contributed by atoms with Gasteiger partial charge in [-0.25, -0.2) is 0 Å². The van der Waals surface area contributed by atoms with Gasteiger partial charge in [0.05, 0.1) is 16.9 Å². The lowest BCUT2D eigenvalue weighted by Crippen LogP contribution is -2.25. The van der Waals surface area contributed by atoms with E-state index in [4.69, 9.17) is 23.2 Å². The number of alkyl halides is 1. The molecule has 0 bridgehead atoms. The molecule has 2 N–H and O–H groups in total. The number of hydrogen-bond acceptors (Lipinski definition) is 4. The number of carbonyl (C=O) groups is 4. The van der Waals surface area contributed by atoms with E-state index in [1.165, 1.54) is 18.2 Å². The molecule has 0 fully saturated rings. The van der Waals surface area contributed by atoms with Gasteiger partial charge in [-0.05, 0) is 30.3 Å². The number of nitrogens with one attached hydrogen (secondary N) is 2. The average Bonchev–Trinajstić information content (AvgIpc) is 2.78. The molecule has 3 aromatic rings. The molecule has 154 valence electrons. The lowest BCUT2D eigenvalue weighted by molar-refractivity contribution is -0.113. The number of hydrogen-bond donors (Lipinski definition) is 2. The van der Waals surface area contributed by atoms with Crippen molar-refractivity contribution in [3.8, 4) is 0 Å². The summed E-state index contributed by atoms with van der Waals surface area (Å²) in [5.41, 5.74) is 1.06. The van der Waals surface area contributed by atoms with Crippen molar-refractivity contribution in [2.45, 2.75) is 0 Å². The monoisotopic (exact) mass is 452 g/mol. The molecule has 0 atom stereocenters. The van der Waals surface area contributed by atoms with Crippen LogP contribution in [0.2, 0.25) is 5.02 Å². The van der Waals surface area contributed by atoms with Crippen molar-refractivity contribution in [3.63, 3.8) is 0 Å². The molecule has 0 aliphatic heterocycles. The highest BCUT2D eigenvalue weighted by molar-refractivity contribution is 6.33. The van der Waals surface area contributed by atoms with Crippen LogP contribution in [0.15, 0.2) is 60.7 Å². The smallest absolute Gasteiger partial charge is 0.255 e. The Morgan fingerprint density at radius 3 is 2.19 bits per heavy atom. The summed E-state index contributed by atoms with van der Waals surface area (Å²) in [6.45, 7) is 0. The number of fused-ring (bicyclic) bond motifs is 2. The number of benzene rings is 3. The van der Waals surface area contributed by atoms with Gasteiger partial charge in [0.15, 0.2) is 11.6 Å². The van der Waals surface area contributed by atoms with E-state index < -0.39 is 17.6 Å². The lowest BCUT2D eigenvalue weighted by atomic mass is 9.82. The molecule has 0 saturated carbocycles. The maximum absolute atomic E-state index is 13.3. The van der Waals surface area contributed by atoms with Gasteiger partial charge in [0.1, 0.15) is 5.88 Å². The third kappa shape index (κ3) is 3.83. The molecular formula is C23H14Cl2N2O4. The van der Waals surface area contributed by atoms with Gasteiger partial charge in [0.25, 0.3) is 5.91 Å². The third-order valence-electron chi connectivity index (χ3n) is 4.81. The number of ketones is 2. The number of halogens is 2. The second-order valence-electron chi connectivity index (χ2n) is 6.76. The summed E-state index contributed by atoms with van der Waals surface area (Å²) in [5.74, 6) is -2.20. The predicted octanol–water partition coefficient (Wildman–Crippen LogP) is 4.55. The van der Waals surface area contributed by atoms with Crippen molar-refractivity contribution in [1.29, 1.82) is 0 Å². The van der Waals surface area contributed by atoms with Gasteiger partial charge in [-0.1, -0.05) is 41.9 Å². The second-order valence-corrected chi connectivity index (χ2v) is 7.46. The molecule has 0 heterocycles. The van der Waals surface area contributed by atoms with E-state index in [9.17, 15) is 19.2 Å². The Hall–Kier alpha value is -3.48. The number of carbonyl (C=O) groups excluding carboxylic acids is 4. The number of anilines is 2. The summed E-state index contributed by atoms with van der Waals surface area (Å²) < 4.78 is 0. The predicted molar refractivity (Wildman–Crippen MR) is 119 cm³/mol. The van der Waals surface area contributed by atoms with Crippen LogP contribution >= 0.6 is 23.2 Å². The van der Waals surface area contributed by atoms with Gasteiger partial charge in [-0.3, -0.25) is 19.2 Å². The molecule has 0 aromatic heterocycles. The molecule has 31 heavy (non-hydrogen) atoms. The fraction of sp³-hybridized carbons (Fsp3) is 0.0435. The van der Waals surface area contributed by atoms with Crippen LogP contribution < -0.4 is 10.6 Å². The average molecular weight is 453 g/mol. The van der Waals surface area contributed by atoms with E-state index in [0.717, 1.165) is 0 Å². The lowest BCUT2D eigenvalue weighted by Gasteiger charge is -2.23. The Labute approximate surface area is 187 Å². The first-order valence-corrected chi connectivity index (χ1v) is 10.1. The molecule has 2 amide bonds. The van der Waals surface area contributed by atoms with Gasteiger partial charge < -0.3 is 10.6 Å². The van der Waals surface area contributed by atoms with E-state index in [1.807, 2.05) is 0 Å². The van der Waals surface area contributed by atoms with E-state index in [1.54, 1.807) is 42.5 Å². The molecular weight excluding hydrogens is 439 g/mol. The first kappa shape index (κ1) is 20.8. The first-order chi connectivity index (χ1) is 14.9.